The van der Waals surface area contributed by atoms with Gasteiger partial charge in [-0.25, -0.2) is 4.79 Å². The van der Waals surface area contributed by atoms with Gasteiger partial charge in [0.05, 0.1) is 24.7 Å². The number of carbonyl (C=O) groups excluding carboxylic acids is 2. The van der Waals surface area contributed by atoms with Crippen LogP contribution in [0.15, 0.2) is 42.5 Å². The third-order valence-electron chi connectivity index (χ3n) is 3.33. The Morgan fingerprint density at radius 2 is 1.72 bits per heavy atom. The molecule has 2 aromatic carbocycles. The van der Waals surface area contributed by atoms with Crippen LogP contribution in [0.5, 0.6) is 11.5 Å². The third kappa shape index (κ3) is 4.31. The number of non-ortho nitro benzene ring substituents is 1. The summed E-state index contributed by atoms with van der Waals surface area (Å²) < 4.78 is 15.1. The molecule has 0 radical (unpaired) electrons. The summed E-state index contributed by atoms with van der Waals surface area (Å²) in [5.74, 6) is -0.467. The zero-order chi connectivity index (χ0) is 18.4. The van der Waals surface area contributed by atoms with Crippen molar-refractivity contribution in [2.75, 3.05) is 20.8 Å². The second kappa shape index (κ2) is 7.91. The minimum Gasteiger partial charge on any atom is -0.493 e. The fraction of sp³-hybridized carbons (Fsp3) is 0.176. The van der Waals surface area contributed by atoms with E-state index in [9.17, 15) is 19.7 Å². The number of nitrogens with zero attached hydrogens (tertiary/aromatic N) is 1. The maximum atomic E-state index is 12.0. The number of methoxy groups -OCH3 is 2. The van der Waals surface area contributed by atoms with Crippen LogP contribution in [0.3, 0.4) is 0 Å². The molecule has 0 spiro atoms. The molecule has 0 bridgehead atoms. The van der Waals surface area contributed by atoms with Crippen LogP contribution in [0.2, 0.25) is 0 Å². The van der Waals surface area contributed by atoms with Crippen molar-refractivity contribution in [2.45, 2.75) is 0 Å². The smallest absolute Gasteiger partial charge is 0.338 e. The van der Waals surface area contributed by atoms with Crippen LogP contribution in [0.4, 0.5) is 5.69 Å². The molecule has 2 rings (SSSR count). The van der Waals surface area contributed by atoms with Crippen molar-refractivity contribution in [3.8, 4) is 11.5 Å². The number of nitro benzene ring substituents is 1. The second-order valence-electron chi connectivity index (χ2n) is 4.88. The van der Waals surface area contributed by atoms with Crippen molar-refractivity contribution in [1.82, 2.24) is 0 Å². The molecule has 0 heterocycles. The number of benzene rings is 2. The highest BCUT2D eigenvalue weighted by molar-refractivity contribution is 5.99. The first-order chi connectivity index (χ1) is 12.0. The van der Waals surface area contributed by atoms with Gasteiger partial charge in [0.25, 0.3) is 5.69 Å². The lowest BCUT2D eigenvalue weighted by molar-refractivity contribution is -0.384. The lowest BCUT2D eigenvalue weighted by Gasteiger charge is -2.09. The van der Waals surface area contributed by atoms with E-state index in [1.165, 1.54) is 50.6 Å². The van der Waals surface area contributed by atoms with E-state index in [2.05, 4.69) is 0 Å². The molecule has 0 aliphatic heterocycles. The molecule has 0 atom stereocenters. The number of nitro groups is 1. The van der Waals surface area contributed by atoms with Gasteiger partial charge < -0.3 is 14.2 Å². The Labute approximate surface area is 143 Å². The highest BCUT2D eigenvalue weighted by Crippen LogP contribution is 2.27. The molecule has 0 unspecified atom stereocenters. The number of esters is 1. The Morgan fingerprint density at radius 3 is 2.36 bits per heavy atom. The summed E-state index contributed by atoms with van der Waals surface area (Å²) in [6.07, 6.45) is 0. The molecule has 0 fully saturated rings. The van der Waals surface area contributed by atoms with E-state index in [1.54, 1.807) is 0 Å². The predicted octanol–water partition coefficient (Wildman–Crippen LogP) is 2.65. The first kappa shape index (κ1) is 17.9. The molecule has 8 heteroatoms. The molecule has 0 amide bonds. The minimum atomic E-state index is -0.722. The Hall–Kier alpha value is -3.42. The number of ether oxygens (including phenoxy) is 3. The zero-order valence-electron chi connectivity index (χ0n) is 13.6. The lowest BCUT2D eigenvalue weighted by atomic mass is 10.1. The molecule has 0 aliphatic carbocycles. The molecule has 0 aliphatic rings. The van der Waals surface area contributed by atoms with Crippen molar-refractivity contribution in [2.24, 2.45) is 0 Å². The summed E-state index contributed by atoms with van der Waals surface area (Å²) in [7, 11) is 2.90. The number of carbonyl (C=O) groups is 2. The van der Waals surface area contributed by atoms with Crippen LogP contribution >= 0.6 is 0 Å². The average Bonchev–Trinajstić information content (AvgIpc) is 2.65. The predicted molar refractivity (Wildman–Crippen MR) is 87.3 cm³/mol. The maximum Gasteiger partial charge on any atom is 0.338 e. The van der Waals surface area contributed by atoms with E-state index in [0.717, 1.165) is 6.07 Å². The zero-order valence-corrected chi connectivity index (χ0v) is 13.6. The van der Waals surface area contributed by atoms with Crippen molar-refractivity contribution in [3.63, 3.8) is 0 Å². The van der Waals surface area contributed by atoms with Crippen molar-refractivity contribution < 1.29 is 28.7 Å². The second-order valence-corrected chi connectivity index (χ2v) is 4.88. The largest absolute Gasteiger partial charge is 0.493 e. The van der Waals surface area contributed by atoms with E-state index in [1.807, 2.05) is 0 Å². The van der Waals surface area contributed by atoms with Gasteiger partial charge in [0, 0.05) is 17.7 Å². The van der Waals surface area contributed by atoms with Crippen LogP contribution in [0, 0.1) is 10.1 Å². The monoisotopic (exact) mass is 345 g/mol. The van der Waals surface area contributed by atoms with Gasteiger partial charge in [0.15, 0.2) is 18.1 Å². The molecule has 2 aromatic rings. The number of hydrogen-bond acceptors (Lipinski definition) is 7. The molecule has 25 heavy (non-hydrogen) atoms. The quantitative estimate of drug-likeness (QED) is 0.329. The minimum absolute atomic E-state index is 0.0920. The van der Waals surface area contributed by atoms with E-state index in [4.69, 9.17) is 14.2 Å². The van der Waals surface area contributed by atoms with E-state index >= 15 is 0 Å². The number of Topliss-reactive ketones (excluding diaryl/α,β-unsaturated/α-hetero) is 1. The van der Waals surface area contributed by atoms with Crippen molar-refractivity contribution in [3.05, 3.63) is 63.7 Å². The fourth-order valence-corrected chi connectivity index (χ4v) is 2.05. The fourth-order valence-electron chi connectivity index (χ4n) is 2.05. The molecular formula is C17H15NO7. The Kier molecular flexibility index (Phi) is 5.67. The van der Waals surface area contributed by atoms with Crippen molar-refractivity contribution in [1.29, 1.82) is 0 Å². The Bertz CT molecular complexity index is 816. The van der Waals surface area contributed by atoms with Gasteiger partial charge >= 0.3 is 5.97 Å². The summed E-state index contributed by atoms with van der Waals surface area (Å²) >= 11 is 0. The molecule has 8 nitrogen and oxygen atoms in total. The topological polar surface area (TPSA) is 105 Å². The van der Waals surface area contributed by atoms with Gasteiger partial charge in [-0.2, -0.15) is 0 Å². The summed E-state index contributed by atoms with van der Waals surface area (Å²) in [5, 5.41) is 10.7. The number of rotatable bonds is 7. The highest BCUT2D eigenvalue weighted by atomic mass is 16.6. The van der Waals surface area contributed by atoms with Crippen LogP contribution < -0.4 is 9.47 Å². The van der Waals surface area contributed by atoms with Crippen molar-refractivity contribution >= 4 is 17.4 Å². The molecule has 0 saturated heterocycles. The molecule has 0 aromatic heterocycles. The maximum absolute atomic E-state index is 12.0. The van der Waals surface area contributed by atoms with Crippen LogP contribution in [-0.4, -0.2) is 37.5 Å². The van der Waals surface area contributed by atoms with Crippen LogP contribution in [0.25, 0.3) is 0 Å². The SMILES string of the molecule is COc1ccc(C(=O)OCC(=O)c2cccc([N+](=O)[O-])c2)cc1OC. The summed E-state index contributed by atoms with van der Waals surface area (Å²) in [5.41, 5.74) is 0.0656. The van der Waals surface area contributed by atoms with Gasteiger partial charge in [-0.05, 0) is 18.2 Å². The van der Waals surface area contributed by atoms with Gasteiger partial charge in [-0.1, -0.05) is 12.1 Å². The Balaban J connectivity index is 2.05. The molecule has 0 saturated carbocycles. The average molecular weight is 345 g/mol. The number of hydrogen-bond donors (Lipinski definition) is 0. The normalized spacial score (nSPS) is 10.0. The van der Waals surface area contributed by atoms with E-state index in [0.29, 0.717) is 11.5 Å². The van der Waals surface area contributed by atoms with Crippen LogP contribution in [-0.2, 0) is 4.74 Å². The van der Waals surface area contributed by atoms with Crippen LogP contribution in [0.1, 0.15) is 20.7 Å². The van der Waals surface area contributed by atoms with Gasteiger partial charge in [0.2, 0.25) is 5.78 Å². The first-order valence-corrected chi connectivity index (χ1v) is 7.13. The highest BCUT2D eigenvalue weighted by Gasteiger charge is 2.16. The standard InChI is InChI=1S/C17H15NO7/c1-23-15-7-6-12(9-16(15)24-2)17(20)25-10-14(19)11-4-3-5-13(8-11)18(21)22/h3-9H,10H2,1-2H3. The third-order valence-corrected chi connectivity index (χ3v) is 3.33. The molecular weight excluding hydrogens is 330 g/mol. The van der Waals surface area contributed by atoms with E-state index < -0.39 is 23.3 Å². The van der Waals surface area contributed by atoms with E-state index in [-0.39, 0.29) is 16.8 Å². The number of ketones is 1. The summed E-state index contributed by atoms with van der Waals surface area (Å²) in [4.78, 5) is 34.2. The summed E-state index contributed by atoms with van der Waals surface area (Å²) in [6, 6.07) is 9.65. The molecule has 130 valence electrons. The van der Waals surface area contributed by atoms with Gasteiger partial charge in [0.1, 0.15) is 0 Å². The van der Waals surface area contributed by atoms with Gasteiger partial charge in [-0.3, -0.25) is 14.9 Å². The summed E-state index contributed by atoms with van der Waals surface area (Å²) in [6.45, 7) is -0.533. The first-order valence-electron chi connectivity index (χ1n) is 7.13. The van der Waals surface area contributed by atoms with Gasteiger partial charge in [-0.15, -0.1) is 0 Å². The Morgan fingerprint density at radius 1 is 1.00 bits per heavy atom. The lowest BCUT2D eigenvalue weighted by Crippen LogP contribution is -2.14. The molecule has 0 N–H and O–H groups in total.